The van der Waals surface area contributed by atoms with Crippen LogP contribution < -0.4 is 5.32 Å². The van der Waals surface area contributed by atoms with Crippen molar-refractivity contribution in [2.45, 2.75) is 24.8 Å². The van der Waals surface area contributed by atoms with Crippen LogP contribution in [-0.2, 0) is 28.3 Å². The molecule has 0 aliphatic heterocycles. The lowest BCUT2D eigenvalue weighted by Crippen LogP contribution is -2.50. The second-order valence-electron chi connectivity index (χ2n) is 7.55. The van der Waals surface area contributed by atoms with Crippen molar-refractivity contribution in [3.05, 3.63) is 105 Å². The van der Waals surface area contributed by atoms with Crippen molar-refractivity contribution in [1.29, 1.82) is 0 Å². The summed E-state index contributed by atoms with van der Waals surface area (Å²) in [7, 11) is 1.61. The van der Waals surface area contributed by atoms with E-state index >= 15 is 0 Å². The minimum absolute atomic E-state index is 0.0838. The maximum Gasteiger partial charge on any atom is 0.242 e. The Balaban J connectivity index is 1.80. The van der Waals surface area contributed by atoms with E-state index in [0.29, 0.717) is 23.7 Å². The van der Waals surface area contributed by atoms with Gasteiger partial charge >= 0.3 is 0 Å². The molecule has 0 aliphatic carbocycles. The van der Waals surface area contributed by atoms with Gasteiger partial charge in [-0.2, -0.15) is 0 Å². The Hall–Kier alpha value is -2.28. The maximum absolute atomic E-state index is 13.4. The number of nitrogens with zero attached hydrogens (tertiary/aromatic N) is 1. The van der Waals surface area contributed by atoms with E-state index < -0.39 is 6.04 Å². The molecule has 0 saturated heterocycles. The van der Waals surface area contributed by atoms with Crippen LogP contribution in [0.2, 0.25) is 5.02 Å². The lowest BCUT2D eigenvalue weighted by molar-refractivity contribution is -0.139. The topological polar surface area (TPSA) is 49.4 Å². The zero-order valence-corrected chi connectivity index (χ0v) is 21.5. The van der Waals surface area contributed by atoms with Crippen LogP contribution in [0.5, 0.6) is 0 Å². The smallest absolute Gasteiger partial charge is 0.242 e. The van der Waals surface area contributed by atoms with E-state index in [2.05, 4.69) is 21.2 Å². The van der Waals surface area contributed by atoms with E-state index in [4.69, 9.17) is 11.6 Å². The second-order valence-corrected chi connectivity index (χ2v) is 9.86. The number of amides is 2. The Bertz CT molecular complexity index is 1060. The molecule has 1 N–H and O–H groups in total. The minimum Gasteiger partial charge on any atom is -0.357 e. The molecule has 0 unspecified atom stereocenters. The number of rotatable bonds is 10. The van der Waals surface area contributed by atoms with Crippen molar-refractivity contribution >= 4 is 51.1 Å². The van der Waals surface area contributed by atoms with Crippen LogP contribution in [0.15, 0.2) is 83.3 Å². The fraction of sp³-hybridized carbons (Fsp3) is 0.231. The molecule has 7 heteroatoms. The number of halogens is 2. The number of hydrogen-bond donors (Lipinski definition) is 1. The Morgan fingerprint density at radius 3 is 2.30 bits per heavy atom. The molecule has 4 nitrogen and oxygen atoms in total. The van der Waals surface area contributed by atoms with Gasteiger partial charge in [0.25, 0.3) is 0 Å². The van der Waals surface area contributed by atoms with Crippen molar-refractivity contribution in [2.75, 3.05) is 12.8 Å². The van der Waals surface area contributed by atoms with Gasteiger partial charge in [-0.3, -0.25) is 9.59 Å². The van der Waals surface area contributed by atoms with Crippen molar-refractivity contribution < 1.29 is 9.59 Å². The summed E-state index contributed by atoms with van der Waals surface area (Å²) >= 11 is 11.2. The summed E-state index contributed by atoms with van der Waals surface area (Å²) in [4.78, 5) is 28.0. The average molecular weight is 546 g/mol. The maximum atomic E-state index is 13.4. The Morgan fingerprint density at radius 1 is 0.970 bits per heavy atom. The Kier molecular flexibility index (Phi) is 9.85. The van der Waals surface area contributed by atoms with E-state index in [1.165, 1.54) is 11.8 Å². The predicted molar refractivity (Wildman–Crippen MR) is 140 cm³/mol. The molecular weight excluding hydrogens is 520 g/mol. The van der Waals surface area contributed by atoms with Gasteiger partial charge in [0.15, 0.2) is 0 Å². The summed E-state index contributed by atoms with van der Waals surface area (Å²) < 4.78 is 0.964. The Morgan fingerprint density at radius 2 is 1.64 bits per heavy atom. The third kappa shape index (κ3) is 7.63. The largest absolute Gasteiger partial charge is 0.357 e. The first kappa shape index (κ1) is 25.3. The highest BCUT2D eigenvalue weighted by Crippen LogP contribution is 2.22. The van der Waals surface area contributed by atoms with Gasteiger partial charge in [0.2, 0.25) is 11.8 Å². The molecule has 33 heavy (non-hydrogen) atoms. The average Bonchev–Trinajstić information content (AvgIpc) is 2.83. The van der Waals surface area contributed by atoms with Crippen LogP contribution in [0.1, 0.15) is 16.7 Å². The number of carbonyl (C=O) groups excluding carboxylic acids is 2. The highest BCUT2D eigenvalue weighted by Gasteiger charge is 2.29. The lowest BCUT2D eigenvalue weighted by atomic mass is 10.0. The summed E-state index contributed by atoms with van der Waals surface area (Å²) in [6.07, 6.45) is 0.442. The van der Waals surface area contributed by atoms with Crippen molar-refractivity contribution in [3.8, 4) is 0 Å². The van der Waals surface area contributed by atoms with Gasteiger partial charge in [-0.05, 0) is 34.9 Å². The zero-order valence-electron chi connectivity index (χ0n) is 18.3. The monoisotopic (exact) mass is 544 g/mol. The molecule has 0 aromatic heterocycles. The minimum atomic E-state index is -0.616. The molecule has 2 amide bonds. The van der Waals surface area contributed by atoms with Gasteiger partial charge in [0.1, 0.15) is 6.04 Å². The molecular formula is C26H26BrClN2O2S. The summed E-state index contributed by atoms with van der Waals surface area (Å²) in [6.45, 7) is 0.351. The number of benzene rings is 3. The number of nitrogens with one attached hydrogen (secondary N) is 1. The third-order valence-electron chi connectivity index (χ3n) is 5.22. The molecule has 3 aromatic carbocycles. The van der Waals surface area contributed by atoms with Crippen molar-refractivity contribution in [3.63, 3.8) is 0 Å². The summed E-state index contributed by atoms with van der Waals surface area (Å²) in [6, 6.07) is 24.6. The second kappa shape index (κ2) is 12.8. The first-order chi connectivity index (χ1) is 16.0. The number of hydrogen-bond acceptors (Lipinski definition) is 3. The molecule has 1 atom stereocenters. The van der Waals surface area contributed by atoms with Crippen LogP contribution >= 0.6 is 39.3 Å². The van der Waals surface area contributed by atoms with Crippen molar-refractivity contribution in [2.24, 2.45) is 0 Å². The van der Waals surface area contributed by atoms with Crippen LogP contribution in [-0.4, -0.2) is 35.6 Å². The number of carbonyl (C=O) groups is 2. The molecule has 0 bridgehead atoms. The lowest BCUT2D eigenvalue weighted by Gasteiger charge is -2.31. The highest BCUT2D eigenvalue weighted by atomic mass is 79.9. The molecule has 0 radical (unpaired) electrons. The summed E-state index contributed by atoms with van der Waals surface area (Å²) in [5.41, 5.74) is 2.96. The van der Waals surface area contributed by atoms with Crippen LogP contribution in [0.3, 0.4) is 0 Å². The SMILES string of the molecule is CNC(=O)[C@H](Cc1ccccc1)N(Cc1ccc(Br)cc1)C(=O)CSCc1ccccc1Cl. The quantitative estimate of drug-likeness (QED) is 0.354. The van der Waals surface area contributed by atoms with E-state index in [-0.39, 0.29) is 17.6 Å². The van der Waals surface area contributed by atoms with Gasteiger partial charge in [0.05, 0.1) is 5.75 Å². The molecule has 3 aromatic rings. The molecule has 0 spiro atoms. The van der Waals surface area contributed by atoms with Gasteiger partial charge < -0.3 is 10.2 Å². The van der Waals surface area contributed by atoms with Gasteiger partial charge in [0, 0.05) is 35.3 Å². The Labute approximate surface area is 212 Å². The fourth-order valence-corrected chi connectivity index (χ4v) is 4.91. The predicted octanol–water partition coefficient (Wildman–Crippen LogP) is 5.72. The van der Waals surface area contributed by atoms with Gasteiger partial charge in [-0.1, -0.05) is 88.2 Å². The van der Waals surface area contributed by atoms with Crippen LogP contribution in [0.25, 0.3) is 0 Å². The van der Waals surface area contributed by atoms with E-state index in [1.54, 1.807) is 11.9 Å². The van der Waals surface area contributed by atoms with E-state index in [0.717, 1.165) is 21.2 Å². The third-order valence-corrected chi connectivity index (χ3v) is 7.09. The van der Waals surface area contributed by atoms with E-state index in [1.807, 2.05) is 78.9 Å². The fourth-order valence-electron chi connectivity index (χ4n) is 3.45. The van der Waals surface area contributed by atoms with E-state index in [9.17, 15) is 9.59 Å². The number of thioether (sulfide) groups is 1. The molecule has 172 valence electrons. The first-order valence-corrected chi connectivity index (χ1v) is 12.9. The summed E-state index contributed by atoms with van der Waals surface area (Å²) in [5, 5.41) is 3.43. The zero-order chi connectivity index (χ0) is 23.6. The van der Waals surface area contributed by atoms with Crippen molar-refractivity contribution in [1.82, 2.24) is 10.2 Å². The highest BCUT2D eigenvalue weighted by molar-refractivity contribution is 9.10. The molecule has 0 aliphatic rings. The first-order valence-electron chi connectivity index (χ1n) is 10.6. The van der Waals surface area contributed by atoms with Crippen LogP contribution in [0.4, 0.5) is 0 Å². The summed E-state index contributed by atoms with van der Waals surface area (Å²) in [5.74, 6) is 0.616. The molecule has 0 saturated carbocycles. The molecule has 3 rings (SSSR count). The standard InChI is InChI=1S/C26H26BrClN2O2S/c1-29-26(32)24(15-19-7-3-2-4-8-19)30(16-20-11-13-22(27)14-12-20)25(31)18-33-17-21-9-5-6-10-23(21)28/h2-14,24H,15-18H2,1H3,(H,29,32)/t24-/m0/s1. The number of likely N-dealkylation sites (N-methyl/N-ethyl adjacent to an activating group) is 1. The normalized spacial score (nSPS) is 11.6. The van der Waals surface area contributed by atoms with Gasteiger partial charge in [-0.15, -0.1) is 11.8 Å². The molecule has 0 fully saturated rings. The van der Waals surface area contributed by atoms with Gasteiger partial charge in [-0.25, -0.2) is 0 Å². The van der Waals surface area contributed by atoms with Crippen LogP contribution in [0, 0.1) is 0 Å². The molecule has 0 heterocycles.